The van der Waals surface area contributed by atoms with Gasteiger partial charge in [-0.3, -0.25) is 14.9 Å². The lowest BCUT2D eigenvalue weighted by Gasteiger charge is -2.12. The van der Waals surface area contributed by atoms with Crippen LogP contribution >= 0.6 is 0 Å². The lowest BCUT2D eigenvalue weighted by atomic mass is 10.2. The minimum atomic E-state index is -0.307. The molecule has 0 aliphatic carbocycles. The Hall–Kier alpha value is -1.36. The van der Waals surface area contributed by atoms with E-state index in [1.54, 1.807) is 10.9 Å². The van der Waals surface area contributed by atoms with Crippen molar-refractivity contribution in [3.8, 4) is 0 Å². The molecule has 5 heteroatoms. The number of hydrazine groups is 1. The maximum Gasteiger partial charge on any atom is 0.258 e. The van der Waals surface area contributed by atoms with Crippen molar-refractivity contribution in [1.29, 1.82) is 0 Å². The molecule has 1 amide bonds. The molecule has 72 valence electrons. The second kappa shape index (κ2) is 4.04. The molecule has 1 aromatic rings. The second-order valence-corrected chi connectivity index (χ2v) is 2.87. The third-order valence-corrected chi connectivity index (χ3v) is 1.89. The van der Waals surface area contributed by atoms with Crippen LogP contribution in [-0.2, 0) is 4.79 Å². The smallest absolute Gasteiger partial charge is 0.258 e. The number of hydrogen-bond acceptors (Lipinski definition) is 3. The minimum absolute atomic E-state index is 0.217. The van der Waals surface area contributed by atoms with Gasteiger partial charge >= 0.3 is 0 Å². The highest BCUT2D eigenvalue weighted by atomic mass is 16.2. The largest absolute Gasteiger partial charge is 0.292 e. The van der Waals surface area contributed by atoms with Gasteiger partial charge in [0.25, 0.3) is 5.91 Å². The quantitative estimate of drug-likeness (QED) is 0.396. The molecule has 0 radical (unpaired) electrons. The molecule has 1 atom stereocenters. The lowest BCUT2D eigenvalue weighted by Crippen LogP contribution is -2.37. The van der Waals surface area contributed by atoms with Crippen molar-refractivity contribution in [2.24, 2.45) is 5.84 Å². The average molecular weight is 182 g/mol. The van der Waals surface area contributed by atoms with Gasteiger partial charge in [-0.15, -0.1) is 0 Å². The van der Waals surface area contributed by atoms with Crippen molar-refractivity contribution in [3.05, 3.63) is 18.0 Å². The van der Waals surface area contributed by atoms with E-state index in [2.05, 4.69) is 10.5 Å². The van der Waals surface area contributed by atoms with Gasteiger partial charge in [-0.05, 0) is 19.4 Å². The van der Waals surface area contributed by atoms with Crippen LogP contribution in [0.3, 0.4) is 0 Å². The first kappa shape index (κ1) is 9.73. The van der Waals surface area contributed by atoms with E-state index in [4.69, 9.17) is 5.84 Å². The number of rotatable bonds is 3. The number of nitrogens with zero attached hydrogens (tertiary/aromatic N) is 2. The highest BCUT2D eigenvalue weighted by molar-refractivity contribution is 5.79. The number of carbonyl (C=O) groups excluding carboxylic acids is 1. The topological polar surface area (TPSA) is 72.9 Å². The molecule has 3 N–H and O–H groups in total. The van der Waals surface area contributed by atoms with Crippen molar-refractivity contribution < 1.29 is 4.79 Å². The SMILES string of the molecule is CCC(C(=O)NN)n1ccc(C)n1. The first-order valence-electron chi connectivity index (χ1n) is 4.21. The number of hydrogen-bond donors (Lipinski definition) is 2. The fraction of sp³-hybridized carbons (Fsp3) is 0.500. The zero-order valence-electron chi connectivity index (χ0n) is 7.82. The summed E-state index contributed by atoms with van der Waals surface area (Å²) in [6.07, 6.45) is 2.45. The summed E-state index contributed by atoms with van der Waals surface area (Å²) in [6.45, 7) is 3.79. The Morgan fingerprint density at radius 1 is 1.85 bits per heavy atom. The number of amides is 1. The molecule has 1 aromatic heterocycles. The maximum atomic E-state index is 11.3. The monoisotopic (exact) mass is 182 g/mol. The van der Waals surface area contributed by atoms with E-state index in [1.165, 1.54) is 0 Å². The van der Waals surface area contributed by atoms with Crippen LogP contribution in [0.2, 0.25) is 0 Å². The summed E-state index contributed by atoms with van der Waals surface area (Å²) in [6, 6.07) is 1.55. The summed E-state index contributed by atoms with van der Waals surface area (Å²) in [5.41, 5.74) is 3.02. The third kappa shape index (κ3) is 2.06. The summed E-state index contributed by atoms with van der Waals surface area (Å²) < 4.78 is 1.62. The van der Waals surface area contributed by atoms with E-state index < -0.39 is 0 Å². The van der Waals surface area contributed by atoms with Crippen molar-refractivity contribution >= 4 is 5.91 Å². The first-order valence-corrected chi connectivity index (χ1v) is 4.21. The number of aromatic nitrogens is 2. The normalized spacial score (nSPS) is 12.5. The van der Waals surface area contributed by atoms with E-state index in [0.29, 0.717) is 6.42 Å². The summed E-state index contributed by atoms with van der Waals surface area (Å²) in [5.74, 6) is 4.83. The first-order chi connectivity index (χ1) is 6.19. The summed E-state index contributed by atoms with van der Waals surface area (Å²) in [7, 11) is 0. The zero-order chi connectivity index (χ0) is 9.84. The van der Waals surface area contributed by atoms with Crippen LogP contribution in [0.1, 0.15) is 25.1 Å². The predicted molar refractivity (Wildman–Crippen MR) is 48.6 cm³/mol. The van der Waals surface area contributed by atoms with Gasteiger partial charge in [0.15, 0.2) is 0 Å². The molecule has 1 heterocycles. The molecule has 0 bridgehead atoms. The van der Waals surface area contributed by atoms with Gasteiger partial charge < -0.3 is 0 Å². The summed E-state index contributed by atoms with van der Waals surface area (Å²) in [5, 5.41) is 4.15. The molecule has 0 spiro atoms. The molecule has 13 heavy (non-hydrogen) atoms. The van der Waals surface area contributed by atoms with Crippen LogP contribution in [0.15, 0.2) is 12.3 Å². The van der Waals surface area contributed by atoms with E-state index in [9.17, 15) is 4.79 Å². The predicted octanol–water partition coefficient (Wildman–Crippen LogP) is 0.133. The Balaban J connectivity index is 2.84. The number of nitrogens with two attached hydrogens (primary N) is 1. The molecule has 0 aliphatic rings. The van der Waals surface area contributed by atoms with Crippen molar-refractivity contribution in [3.63, 3.8) is 0 Å². The Kier molecular flexibility index (Phi) is 3.02. The molecule has 5 nitrogen and oxygen atoms in total. The van der Waals surface area contributed by atoms with E-state index in [0.717, 1.165) is 5.69 Å². The fourth-order valence-corrected chi connectivity index (χ4v) is 1.20. The number of nitrogens with one attached hydrogen (secondary N) is 1. The van der Waals surface area contributed by atoms with E-state index in [1.807, 2.05) is 19.9 Å². The molecule has 0 saturated carbocycles. The molecular weight excluding hydrogens is 168 g/mol. The molecule has 1 rings (SSSR count). The van der Waals surface area contributed by atoms with E-state index in [-0.39, 0.29) is 11.9 Å². The molecule has 0 saturated heterocycles. The zero-order valence-corrected chi connectivity index (χ0v) is 7.82. The van der Waals surface area contributed by atoms with Crippen molar-refractivity contribution in [2.75, 3.05) is 0 Å². The van der Waals surface area contributed by atoms with Crippen LogP contribution in [-0.4, -0.2) is 15.7 Å². The second-order valence-electron chi connectivity index (χ2n) is 2.87. The summed E-state index contributed by atoms with van der Waals surface area (Å²) >= 11 is 0. The van der Waals surface area contributed by atoms with Crippen LogP contribution in [0, 0.1) is 6.92 Å². The molecule has 1 unspecified atom stereocenters. The van der Waals surface area contributed by atoms with Crippen LogP contribution in [0.5, 0.6) is 0 Å². The van der Waals surface area contributed by atoms with Gasteiger partial charge in [-0.2, -0.15) is 5.10 Å². The molecule has 0 aliphatic heterocycles. The Labute approximate surface area is 76.9 Å². The maximum absolute atomic E-state index is 11.3. The highest BCUT2D eigenvalue weighted by Crippen LogP contribution is 2.09. The van der Waals surface area contributed by atoms with Crippen molar-refractivity contribution in [1.82, 2.24) is 15.2 Å². The van der Waals surface area contributed by atoms with Gasteiger partial charge in [0, 0.05) is 6.20 Å². The van der Waals surface area contributed by atoms with Crippen LogP contribution in [0.25, 0.3) is 0 Å². The lowest BCUT2D eigenvalue weighted by molar-refractivity contribution is -0.124. The molecular formula is C8H14N4O. The van der Waals surface area contributed by atoms with Crippen LogP contribution in [0.4, 0.5) is 0 Å². The minimum Gasteiger partial charge on any atom is -0.292 e. The Bertz CT molecular complexity index is 294. The molecule has 0 fully saturated rings. The molecule has 0 aromatic carbocycles. The van der Waals surface area contributed by atoms with Gasteiger partial charge in [0.1, 0.15) is 6.04 Å². The van der Waals surface area contributed by atoms with Gasteiger partial charge in [-0.1, -0.05) is 6.92 Å². The third-order valence-electron chi connectivity index (χ3n) is 1.89. The fourth-order valence-electron chi connectivity index (χ4n) is 1.20. The Morgan fingerprint density at radius 2 is 2.54 bits per heavy atom. The average Bonchev–Trinajstić information content (AvgIpc) is 2.53. The standard InChI is InChI=1S/C8H14N4O/c1-3-7(8(13)10-9)12-5-4-6(2)11-12/h4-5,7H,3,9H2,1-2H3,(H,10,13). The Morgan fingerprint density at radius 3 is 2.92 bits per heavy atom. The van der Waals surface area contributed by atoms with Crippen molar-refractivity contribution in [2.45, 2.75) is 26.3 Å². The summed E-state index contributed by atoms with van der Waals surface area (Å²) in [4.78, 5) is 11.3. The highest BCUT2D eigenvalue weighted by Gasteiger charge is 2.17. The van der Waals surface area contributed by atoms with Gasteiger partial charge in [0.2, 0.25) is 0 Å². The van der Waals surface area contributed by atoms with E-state index >= 15 is 0 Å². The number of aryl methyl sites for hydroxylation is 1. The number of carbonyl (C=O) groups is 1. The van der Waals surface area contributed by atoms with Gasteiger partial charge in [-0.25, -0.2) is 5.84 Å². The van der Waals surface area contributed by atoms with Gasteiger partial charge in [0.05, 0.1) is 5.69 Å². The van der Waals surface area contributed by atoms with Crippen LogP contribution < -0.4 is 11.3 Å².